The summed E-state index contributed by atoms with van der Waals surface area (Å²) in [6, 6.07) is 1.54. The molecule has 7 heteroatoms. The number of halogens is 2. The van der Waals surface area contributed by atoms with E-state index in [2.05, 4.69) is 5.32 Å². The minimum Gasteiger partial charge on any atom is -0.391 e. The minimum absolute atomic E-state index is 0.276. The molecule has 18 heavy (non-hydrogen) atoms. The van der Waals surface area contributed by atoms with Crippen LogP contribution in [-0.4, -0.2) is 16.4 Å². The van der Waals surface area contributed by atoms with Crippen LogP contribution in [0.4, 0.5) is 0 Å². The normalized spacial score (nSPS) is 11.3. The van der Waals surface area contributed by atoms with Gasteiger partial charge in [0.2, 0.25) is 0 Å². The van der Waals surface area contributed by atoms with Gasteiger partial charge in [0.25, 0.3) is 5.91 Å². The molecule has 1 heterocycles. The van der Waals surface area contributed by atoms with Crippen LogP contribution in [0.2, 0.25) is 8.67 Å². The molecule has 0 unspecified atom stereocenters. The predicted molar refractivity (Wildman–Crippen MR) is 81.9 cm³/mol. The first-order valence-electron chi connectivity index (χ1n) is 5.43. The van der Waals surface area contributed by atoms with Crippen molar-refractivity contribution in [3.63, 3.8) is 0 Å². The molecule has 1 aromatic rings. The Bertz CT molecular complexity index is 470. The van der Waals surface area contributed by atoms with Crippen LogP contribution in [0.1, 0.15) is 37.0 Å². The fourth-order valence-corrected chi connectivity index (χ4v) is 3.41. The Labute approximate surface area is 126 Å². The van der Waals surface area contributed by atoms with Crippen molar-refractivity contribution in [2.24, 2.45) is 5.73 Å². The van der Waals surface area contributed by atoms with E-state index in [1.165, 1.54) is 0 Å². The van der Waals surface area contributed by atoms with Crippen molar-refractivity contribution in [1.29, 1.82) is 0 Å². The molecule has 0 spiro atoms. The number of hydrogen-bond donors (Lipinski definition) is 2. The van der Waals surface area contributed by atoms with E-state index >= 15 is 0 Å². The van der Waals surface area contributed by atoms with Crippen molar-refractivity contribution in [3.8, 4) is 0 Å². The topological polar surface area (TPSA) is 55.1 Å². The number of thiophene rings is 1. The van der Waals surface area contributed by atoms with Crippen LogP contribution < -0.4 is 11.1 Å². The molecule has 0 saturated heterocycles. The van der Waals surface area contributed by atoms with Crippen LogP contribution in [0.5, 0.6) is 0 Å². The maximum Gasteiger partial charge on any atom is 0.254 e. The highest BCUT2D eigenvalue weighted by molar-refractivity contribution is 7.80. The van der Waals surface area contributed by atoms with Crippen molar-refractivity contribution >= 4 is 57.7 Å². The van der Waals surface area contributed by atoms with Crippen LogP contribution in [0.25, 0.3) is 0 Å². The molecule has 0 atom stereocenters. The van der Waals surface area contributed by atoms with E-state index in [1.807, 2.05) is 13.8 Å². The lowest BCUT2D eigenvalue weighted by molar-refractivity contribution is 0.0920. The van der Waals surface area contributed by atoms with Gasteiger partial charge < -0.3 is 11.1 Å². The third-order valence-electron chi connectivity index (χ3n) is 2.93. The van der Waals surface area contributed by atoms with Crippen molar-refractivity contribution in [2.75, 3.05) is 0 Å². The zero-order chi connectivity index (χ0) is 13.9. The van der Waals surface area contributed by atoms with Gasteiger partial charge in [-0.15, -0.1) is 11.3 Å². The van der Waals surface area contributed by atoms with E-state index in [0.29, 0.717) is 27.1 Å². The molecule has 3 nitrogen and oxygen atoms in total. The van der Waals surface area contributed by atoms with Crippen molar-refractivity contribution in [2.45, 2.75) is 32.2 Å². The fourth-order valence-electron chi connectivity index (χ4n) is 1.62. The summed E-state index contributed by atoms with van der Waals surface area (Å²) in [5.74, 6) is -0.306. The number of carbonyl (C=O) groups is 1. The Kier molecular flexibility index (Phi) is 5.40. The summed E-state index contributed by atoms with van der Waals surface area (Å²) in [5.41, 5.74) is 5.40. The average Bonchev–Trinajstić information content (AvgIpc) is 2.65. The van der Waals surface area contributed by atoms with Crippen molar-refractivity contribution < 1.29 is 4.79 Å². The van der Waals surface area contributed by atoms with Gasteiger partial charge in [0, 0.05) is 0 Å². The summed E-state index contributed by atoms with van der Waals surface area (Å²) >= 11 is 18.0. The Balaban J connectivity index is 2.99. The Morgan fingerprint density at radius 1 is 1.50 bits per heavy atom. The molecule has 1 rings (SSSR count). The largest absolute Gasteiger partial charge is 0.391 e. The van der Waals surface area contributed by atoms with Gasteiger partial charge in [-0.25, -0.2) is 0 Å². The summed E-state index contributed by atoms with van der Waals surface area (Å²) < 4.78 is 0.834. The summed E-state index contributed by atoms with van der Waals surface area (Å²) in [4.78, 5) is 12.4. The van der Waals surface area contributed by atoms with Gasteiger partial charge in [-0.05, 0) is 18.9 Å². The lowest BCUT2D eigenvalue weighted by Crippen LogP contribution is -2.55. The number of rotatable bonds is 5. The average molecular weight is 325 g/mol. The van der Waals surface area contributed by atoms with E-state index in [0.717, 1.165) is 11.3 Å². The second-order valence-corrected chi connectivity index (χ2v) is 6.57. The monoisotopic (exact) mass is 324 g/mol. The van der Waals surface area contributed by atoms with Crippen LogP contribution in [-0.2, 0) is 0 Å². The van der Waals surface area contributed by atoms with E-state index < -0.39 is 5.54 Å². The van der Waals surface area contributed by atoms with E-state index in [-0.39, 0.29) is 10.9 Å². The number of amides is 1. The van der Waals surface area contributed by atoms with E-state index in [9.17, 15) is 4.79 Å². The van der Waals surface area contributed by atoms with Gasteiger partial charge in [-0.2, -0.15) is 0 Å². The molecule has 1 amide bonds. The SMILES string of the molecule is CCC(CC)(NC(=O)c1cc(Cl)sc1Cl)C(N)=S. The maximum absolute atomic E-state index is 12.2. The highest BCUT2D eigenvalue weighted by atomic mass is 35.5. The standard InChI is InChI=1S/C11H14Cl2N2OS2/c1-3-11(4-2,10(14)17)15-9(16)6-5-7(12)18-8(6)13/h5H,3-4H2,1-2H3,(H2,14,17)(H,15,16). The fraction of sp³-hybridized carbons (Fsp3) is 0.455. The zero-order valence-corrected chi connectivity index (χ0v) is 13.2. The summed E-state index contributed by atoms with van der Waals surface area (Å²) in [6.07, 6.45) is 1.25. The quantitative estimate of drug-likeness (QED) is 0.813. The molecular formula is C11H14Cl2N2OS2. The molecule has 0 bridgehead atoms. The molecule has 1 aromatic heterocycles. The second-order valence-electron chi connectivity index (χ2n) is 3.85. The number of nitrogens with one attached hydrogen (secondary N) is 1. The van der Waals surface area contributed by atoms with Gasteiger partial charge >= 0.3 is 0 Å². The number of hydrogen-bond acceptors (Lipinski definition) is 3. The van der Waals surface area contributed by atoms with Crippen LogP contribution in [0.15, 0.2) is 6.07 Å². The lowest BCUT2D eigenvalue weighted by Gasteiger charge is -2.31. The first-order valence-corrected chi connectivity index (χ1v) is 7.41. The van der Waals surface area contributed by atoms with Crippen molar-refractivity contribution in [1.82, 2.24) is 5.32 Å². The van der Waals surface area contributed by atoms with Gasteiger partial charge in [0.15, 0.2) is 0 Å². The minimum atomic E-state index is -0.676. The zero-order valence-electron chi connectivity index (χ0n) is 10.0. The Morgan fingerprint density at radius 3 is 2.39 bits per heavy atom. The smallest absolute Gasteiger partial charge is 0.254 e. The van der Waals surface area contributed by atoms with Crippen LogP contribution in [0.3, 0.4) is 0 Å². The van der Waals surface area contributed by atoms with E-state index in [1.54, 1.807) is 6.07 Å². The highest BCUT2D eigenvalue weighted by Gasteiger charge is 2.32. The molecule has 0 radical (unpaired) electrons. The van der Waals surface area contributed by atoms with E-state index in [4.69, 9.17) is 41.2 Å². The van der Waals surface area contributed by atoms with Gasteiger partial charge in [0.1, 0.15) is 4.34 Å². The molecule has 0 aliphatic carbocycles. The number of thiocarbonyl (C=S) groups is 1. The van der Waals surface area contributed by atoms with Gasteiger partial charge in [0.05, 0.1) is 20.4 Å². The predicted octanol–water partition coefficient (Wildman–Crippen LogP) is 3.63. The molecule has 0 aromatic carbocycles. The van der Waals surface area contributed by atoms with Crippen molar-refractivity contribution in [3.05, 3.63) is 20.3 Å². The Morgan fingerprint density at radius 2 is 2.06 bits per heavy atom. The molecule has 3 N–H and O–H groups in total. The second kappa shape index (κ2) is 6.19. The first kappa shape index (κ1) is 15.7. The third-order valence-corrected chi connectivity index (χ3v) is 4.81. The molecule has 0 saturated carbocycles. The van der Waals surface area contributed by atoms with Gasteiger partial charge in [-0.3, -0.25) is 4.79 Å². The Hall–Kier alpha value is -0.360. The molecular weight excluding hydrogens is 311 g/mol. The summed E-state index contributed by atoms with van der Waals surface area (Å²) in [6.45, 7) is 3.84. The molecule has 0 fully saturated rings. The van der Waals surface area contributed by atoms with Gasteiger partial charge in [-0.1, -0.05) is 49.3 Å². The molecule has 100 valence electrons. The third kappa shape index (κ3) is 3.15. The first-order chi connectivity index (χ1) is 8.36. The summed E-state index contributed by atoms with van der Waals surface area (Å²) in [7, 11) is 0. The maximum atomic E-state index is 12.2. The number of nitrogens with two attached hydrogens (primary N) is 1. The number of carbonyl (C=O) groups excluding carboxylic acids is 1. The highest BCUT2D eigenvalue weighted by Crippen LogP contribution is 2.31. The molecule has 0 aliphatic heterocycles. The van der Waals surface area contributed by atoms with Crippen LogP contribution >= 0.6 is 46.8 Å². The molecule has 0 aliphatic rings. The lowest BCUT2D eigenvalue weighted by atomic mass is 9.92. The van der Waals surface area contributed by atoms with Crippen LogP contribution in [0, 0.1) is 0 Å². The summed E-state index contributed by atoms with van der Waals surface area (Å²) in [5, 5.41) is 2.86.